The SMILES string of the molecule is Cc1ccsc1C(N)c1cc2cccc(Cl)c2o1. The lowest BCUT2D eigenvalue weighted by Crippen LogP contribution is -2.10. The highest BCUT2D eigenvalue weighted by molar-refractivity contribution is 7.10. The summed E-state index contributed by atoms with van der Waals surface area (Å²) >= 11 is 7.75. The number of fused-ring (bicyclic) bond motifs is 1. The molecule has 0 saturated carbocycles. The van der Waals surface area contributed by atoms with Crippen molar-refractivity contribution in [2.75, 3.05) is 0 Å². The number of benzene rings is 1. The summed E-state index contributed by atoms with van der Waals surface area (Å²) < 4.78 is 5.79. The molecule has 0 aliphatic rings. The van der Waals surface area contributed by atoms with Crippen LogP contribution in [0.2, 0.25) is 5.02 Å². The Morgan fingerprint density at radius 2 is 2.17 bits per heavy atom. The minimum atomic E-state index is -0.228. The molecule has 0 saturated heterocycles. The molecule has 0 spiro atoms. The van der Waals surface area contributed by atoms with Gasteiger partial charge in [0.2, 0.25) is 0 Å². The minimum absolute atomic E-state index is 0.228. The molecule has 18 heavy (non-hydrogen) atoms. The monoisotopic (exact) mass is 277 g/mol. The number of hydrogen-bond acceptors (Lipinski definition) is 3. The Morgan fingerprint density at radius 3 is 2.83 bits per heavy atom. The predicted octanol–water partition coefficient (Wildman–Crippen LogP) is 4.50. The Labute approximate surface area is 114 Å². The van der Waals surface area contributed by atoms with Crippen molar-refractivity contribution >= 4 is 33.9 Å². The number of nitrogens with two attached hydrogens (primary N) is 1. The molecule has 2 N–H and O–H groups in total. The van der Waals surface area contributed by atoms with E-state index in [0.29, 0.717) is 10.6 Å². The van der Waals surface area contributed by atoms with Gasteiger partial charge in [0, 0.05) is 10.3 Å². The highest BCUT2D eigenvalue weighted by Gasteiger charge is 2.17. The average molecular weight is 278 g/mol. The van der Waals surface area contributed by atoms with Crippen LogP contribution in [0.3, 0.4) is 0 Å². The van der Waals surface area contributed by atoms with Crippen molar-refractivity contribution in [3.8, 4) is 0 Å². The van der Waals surface area contributed by atoms with Crippen LogP contribution >= 0.6 is 22.9 Å². The van der Waals surface area contributed by atoms with Crippen LogP contribution < -0.4 is 5.73 Å². The summed E-state index contributed by atoms with van der Waals surface area (Å²) in [7, 11) is 0. The van der Waals surface area contributed by atoms with E-state index in [0.717, 1.165) is 16.0 Å². The van der Waals surface area contributed by atoms with E-state index in [1.165, 1.54) is 5.56 Å². The second-order valence-electron chi connectivity index (χ2n) is 4.25. The van der Waals surface area contributed by atoms with E-state index >= 15 is 0 Å². The number of thiophene rings is 1. The van der Waals surface area contributed by atoms with Crippen molar-refractivity contribution in [2.24, 2.45) is 5.73 Å². The molecule has 0 bridgehead atoms. The van der Waals surface area contributed by atoms with Gasteiger partial charge < -0.3 is 10.2 Å². The smallest absolute Gasteiger partial charge is 0.152 e. The largest absolute Gasteiger partial charge is 0.457 e. The molecule has 92 valence electrons. The van der Waals surface area contributed by atoms with Gasteiger partial charge in [0.25, 0.3) is 0 Å². The molecule has 0 aliphatic carbocycles. The number of aryl methyl sites for hydroxylation is 1. The second-order valence-corrected chi connectivity index (χ2v) is 5.61. The molecule has 2 heterocycles. The average Bonchev–Trinajstić information content (AvgIpc) is 2.95. The van der Waals surface area contributed by atoms with Crippen molar-refractivity contribution in [3.63, 3.8) is 0 Å². The van der Waals surface area contributed by atoms with Crippen LogP contribution in [0.15, 0.2) is 40.1 Å². The molecule has 0 aliphatic heterocycles. The Hall–Kier alpha value is -1.29. The van der Waals surface area contributed by atoms with Gasteiger partial charge in [0.05, 0.1) is 11.1 Å². The quantitative estimate of drug-likeness (QED) is 0.749. The van der Waals surface area contributed by atoms with Crippen LogP contribution in [-0.4, -0.2) is 0 Å². The van der Waals surface area contributed by atoms with Crippen LogP contribution in [0.25, 0.3) is 11.0 Å². The van der Waals surface area contributed by atoms with Gasteiger partial charge in [0.1, 0.15) is 5.76 Å². The van der Waals surface area contributed by atoms with Crippen molar-refractivity contribution in [1.82, 2.24) is 0 Å². The Balaban J connectivity index is 2.10. The van der Waals surface area contributed by atoms with Gasteiger partial charge in [-0.15, -0.1) is 11.3 Å². The first-order chi connectivity index (χ1) is 8.66. The Bertz CT molecular complexity index is 701. The summed E-state index contributed by atoms with van der Waals surface area (Å²) in [5, 5.41) is 3.65. The highest BCUT2D eigenvalue weighted by Crippen LogP contribution is 2.33. The van der Waals surface area contributed by atoms with Gasteiger partial charge in [0.15, 0.2) is 5.58 Å². The number of furan rings is 1. The summed E-state index contributed by atoms with van der Waals surface area (Å²) in [5.41, 5.74) is 8.15. The predicted molar refractivity (Wildman–Crippen MR) is 76.3 cm³/mol. The second kappa shape index (κ2) is 4.43. The first kappa shape index (κ1) is 11.8. The van der Waals surface area contributed by atoms with Gasteiger partial charge in [-0.05, 0) is 36.1 Å². The fourth-order valence-corrected chi connectivity index (χ4v) is 3.19. The van der Waals surface area contributed by atoms with Gasteiger partial charge in [-0.2, -0.15) is 0 Å². The van der Waals surface area contributed by atoms with E-state index in [2.05, 4.69) is 13.0 Å². The molecule has 0 radical (unpaired) electrons. The van der Waals surface area contributed by atoms with E-state index in [-0.39, 0.29) is 6.04 Å². The van der Waals surface area contributed by atoms with Crippen molar-refractivity contribution < 1.29 is 4.42 Å². The zero-order valence-electron chi connectivity index (χ0n) is 9.81. The third kappa shape index (κ3) is 1.85. The van der Waals surface area contributed by atoms with Gasteiger partial charge in [-0.3, -0.25) is 0 Å². The highest BCUT2D eigenvalue weighted by atomic mass is 35.5. The molecule has 3 aromatic rings. The molecule has 4 heteroatoms. The summed E-state index contributed by atoms with van der Waals surface area (Å²) in [6.07, 6.45) is 0. The molecule has 1 aromatic carbocycles. The lowest BCUT2D eigenvalue weighted by molar-refractivity contribution is 0.527. The van der Waals surface area contributed by atoms with E-state index in [1.807, 2.05) is 29.6 Å². The summed E-state index contributed by atoms with van der Waals surface area (Å²) in [6.45, 7) is 2.06. The Kier molecular flexibility index (Phi) is 2.90. The molecule has 0 amide bonds. The molecule has 3 rings (SSSR count). The third-order valence-corrected chi connectivity index (χ3v) is 4.41. The summed E-state index contributed by atoms with van der Waals surface area (Å²) in [4.78, 5) is 1.13. The maximum atomic E-state index is 6.25. The van der Waals surface area contributed by atoms with Crippen molar-refractivity contribution in [2.45, 2.75) is 13.0 Å². The molecule has 1 unspecified atom stereocenters. The van der Waals surface area contributed by atoms with Gasteiger partial charge in [-0.1, -0.05) is 23.7 Å². The summed E-state index contributed by atoms with van der Waals surface area (Å²) in [6, 6.07) is 9.50. The molecular weight excluding hydrogens is 266 g/mol. The number of halogens is 1. The van der Waals surface area contributed by atoms with Crippen LogP contribution in [0.5, 0.6) is 0 Å². The minimum Gasteiger partial charge on any atom is -0.457 e. The first-order valence-corrected chi connectivity index (χ1v) is 6.90. The molecule has 2 aromatic heterocycles. The van der Waals surface area contributed by atoms with Crippen molar-refractivity contribution in [1.29, 1.82) is 0 Å². The molecule has 0 fully saturated rings. The molecular formula is C14H12ClNOS. The van der Waals surface area contributed by atoms with Crippen LogP contribution in [0, 0.1) is 6.92 Å². The first-order valence-electron chi connectivity index (χ1n) is 5.64. The third-order valence-electron chi connectivity index (χ3n) is 3.01. The lowest BCUT2D eigenvalue weighted by atomic mass is 10.1. The topological polar surface area (TPSA) is 39.2 Å². The van der Waals surface area contributed by atoms with Gasteiger partial charge >= 0.3 is 0 Å². The maximum absolute atomic E-state index is 6.25. The van der Waals surface area contributed by atoms with Crippen LogP contribution in [0.4, 0.5) is 0 Å². The van der Waals surface area contributed by atoms with Crippen LogP contribution in [0.1, 0.15) is 22.2 Å². The van der Waals surface area contributed by atoms with E-state index in [4.69, 9.17) is 21.8 Å². The van der Waals surface area contributed by atoms with Gasteiger partial charge in [-0.25, -0.2) is 0 Å². The van der Waals surface area contributed by atoms with E-state index in [9.17, 15) is 0 Å². The Morgan fingerprint density at radius 1 is 1.33 bits per heavy atom. The fourth-order valence-electron chi connectivity index (χ4n) is 2.03. The zero-order chi connectivity index (χ0) is 12.7. The molecule has 2 nitrogen and oxygen atoms in total. The van der Waals surface area contributed by atoms with Crippen LogP contribution in [-0.2, 0) is 0 Å². The van der Waals surface area contributed by atoms with Crippen molar-refractivity contribution in [3.05, 3.63) is 56.9 Å². The molecule has 1 atom stereocenters. The zero-order valence-corrected chi connectivity index (χ0v) is 11.4. The van der Waals surface area contributed by atoms with E-state index < -0.39 is 0 Å². The fraction of sp³-hybridized carbons (Fsp3) is 0.143. The standard InChI is InChI=1S/C14H12ClNOS/c1-8-5-6-18-14(8)12(16)11-7-9-3-2-4-10(15)13(9)17-11/h2-7,12H,16H2,1H3. The maximum Gasteiger partial charge on any atom is 0.152 e. The van der Waals surface area contributed by atoms with E-state index in [1.54, 1.807) is 11.3 Å². The number of rotatable bonds is 2. The number of hydrogen-bond donors (Lipinski definition) is 1. The summed E-state index contributed by atoms with van der Waals surface area (Å²) in [5.74, 6) is 0.753. The lowest BCUT2D eigenvalue weighted by Gasteiger charge is -2.07. The number of para-hydroxylation sites is 1. The normalized spacial score (nSPS) is 13.1.